The number of fused-ring (bicyclic) bond motifs is 1. The predicted octanol–water partition coefficient (Wildman–Crippen LogP) is 4.44. The van der Waals surface area contributed by atoms with Crippen molar-refractivity contribution in [3.63, 3.8) is 0 Å². The van der Waals surface area contributed by atoms with Gasteiger partial charge in [0.05, 0.1) is 21.8 Å². The highest BCUT2D eigenvalue weighted by molar-refractivity contribution is 6.37. The van der Waals surface area contributed by atoms with Crippen LogP contribution in [0.2, 0.25) is 10.0 Å². The molecule has 3 nitrogen and oxygen atoms in total. The molecule has 0 atom stereocenters. The fourth-order valence-electron chi connectivity index (χ4n) is 1.82. The van der Waals surface area contributed by atoms with E-state index in [9.17, 15) is 0 Å². The van der Waals surface area contributed by atoms with Crippen molar-refractivity contribution >= 4 is 46.3 Å². The average Bonchev–Trinajstić information content (AvgIpc) is 2.85. The van der Waals surface area contributed by atoms with Crippen molar-refractivity contribution in [2.45, 2.75) is 0 Å². The third-order valence-corrected chi connectivity index (χ3v) is 3.40. The Morgan fingerprint density at radius 3 is 2.58 bits per heavy atom. The first-order valence-corrected chi connectivity index (χ1v) is 6.40. The standard InChI is InChI=1S/C14H9Cl2N3/c15-12-7-17-8-13(16)11(12)4-2-9-1-3-10-6-18-19-14(10)5-9/h1-8H,(H,18,19)/b4-2+. The number of pyridine rings is 1. The van der Waals surface area contributed by atoms with E-state index in [0.29, 0.717) is 10.0 Å². The highest BCUT2D eigenvalue weighted by atomic mass is 35.5. The number of benzene rings is 1. The summed E-state index contributed by atoms with van der Waals surface area (Å²) in [6, 6.07) is 6.04. The van der Waals surface area contributed by atoms with Gasteiger partial charge in [-0.25, -0.2) is 0 Å². The summed E-state index contributed by atoms with van der Waals surface area (Å²) in [6.45, 7) is 0. The monoisotopic (exact) mass is 289 g/mol. The maximum absolute atomic E-state index is 6.06. The minimum Gasteiger partial charge on any atom is -0.278 e. The van der Waals surface area contributed by atoms with Crippen LogP contribution in [0, 0.1) is 0 Å². The Morgan fingerprint density at radius 2 is 1.79 bits per heavy atom. The lowest BCUT2D eigenvalue weighted by atomic mass is 10.1. The number of H-pyrrole nitrogens is 1. The molecule has 0 aliphatic rings. The number of hydrogen-bond donors (Lipinski definition) is 1. The molecular formula is C14H9Cl2N3. The lowest BCUT2D eigenvalue weighted by molar-refractivity contribution is 1.12. The predicted molar refractivity (Wildman–Crippen MR) is 79.3 cm³/mol. The second-order valence-electron chi connectivity index (χ2n) is 4.07. The molecule has 0 aliphatic heterocycles. The van der Waals surface area contributed by atoms with Gasteiger partial charge in [0.15, 0.2) is 0 Å². The van der Waals surface area contributed by atoms with Crippen molar-refractivity contribution in [3.8, 4) is 0 Å². The Balaban J connectivity index is 1.97. The summed E-state index contributed by atoms with van der Waals surface area (Å²) in [7, 11) is 0. The molecule has 19 heavy (non-hydrogen) atoms. The van der Waals surface area contributed by atoms with Gasteiger partial charge >= 0.3 is 0 Å². The van der Waals surface area contributed by atoms with Crippen molar-refractivity contribution in [1.82, 2.24) is 15.2 Å². The molecule has 0 fully saturated rings. The lowest BCUT2D eigenvalue weighted by Gasteiger charge is -2.00. The molecule has 94 valence electrons. The Hall–Kier alpha value is -1.84. The van der Waals surface area contributed by atoms with Crippen LogP contribution in [-0.2, 0) is 0 Å². The van der Waals surface area contributed by atoms with E-state index >= 15 is 0 Å². The van der Waals surface area contributed by atoms with Crippen LogP contribution in [0.3, 0.4) is 0 Å². The van der Waals surface area contributed by atoms with Crippen molar-refractivity contribution in [2.24, 2.45) is 0 Å². The van der Waals surface area contributed by atoms with Crippen LogP contribution in [0.1, 0.15) is 11.1 Å². The molecule has 0 bridgehead atoms. The number of rotatable bonds is 2. The summed E-state index contributed by atoms with van der Waals surface area (Å²) >= 11 is 12.1. The maximum atomic E-state index is 6.06. The number of aromatic nitrogens is 3. The normalized spacial score (nSPS) is 11.5. The van der Waals surface area contributed by atoms with Crippen molar-refractivity contribution in [2.75, 3.05) is 0 Å². The molecular weight excluding hydrogens is 281 g/mol. The maximum Gasteiger partial charge on any atom is 0.0676 e. The fraction of sp³-hybridized carbons (Fsp3) is 0. The first-order valence-electron chi connectivity index (χ1n) is 5.64. The summed E-state index contributed by atoms with van der Waals surface area (Å²) in [5.41, 5.74) is 2.80. The first kappa shape index (κ1) is 12.2. The third kappa shape index (κ3) is 2.48. The van der Waals surface area contributed by atoms with Gasteiger partial charge in [0, 0.05) is 23.3 Å². The van der Waals surface area contributed by atoms with E-state index in [1.807, 2.05) is 30.4 Å². The summed E-state index contributed by atoms with van der Waals surface area (Å²) in [4.78, 5) is 3.92. The summed E-state index contributed by atoms with van der Waals surface area (Å²) in [5, 5.41) is 9.07. The molecule has 0 saturated carbocycles. The first-order chi connectivity index (χ1) is 9.24. The summed E-state index contributed by atoms with van der Waals surface area (Å²) in [6.07, 6.45) is 8.77. The number of nitrogens with zero attached hydrogens (tertiary/aromatic N) is 2. The van der Waals surface area contributed by atoms with Crippen molar-refractivity contribution in [1.29, 1.82) is 0 Å². The molecule has 2 aromatic heterocycles. The van der Waals surface area contributed by atoms with E-state index < -0.39 is 0 Å². The molecule has 1 aromatic carbocycles. The Labute approximate surface area is 119 Å². The molecule has 2 heterocycles. The number of halogens is 2. The number of aromatic amines is 1. The van der Waals surface area contributed by atoms with E-state index in [4.69, 9.17) is 23.2 Å². The average molecular weight is 290 g/mol. The van der Waals surface area contributed by atoms with Gasteiger partial charge in [-0.3, -0.25) is 10.1 Å². The van der Waals surface area contributed by atoms with Crippen molar-refractivity contribution < 1.29 is 0 Å². The van der Waals surface area contributed by atoms with Gasteiger partial charge < -0.3 is 0 Å². The van der Waals surface area contributed by atoms with E-state index in [1.165, 1.54) is 0 Å². The van der Waals surface area contributed by atoms with Crippen LogP contribution in [0.4, 0.5) is 0 Å². The fourth-order valence-corrected chi connectivity index (χ4v) is 2.31. The van der Waals surface area contributed by atoms with E-state index in [1.54, 1.807) is 18.6 Å². The molecule has 0 aliphatic carbocycles. The highest BCUT2D eigenvalue weighted by Gasteiger charge is 2.02. The van der Waals surface area contributed by atoms with Crippen LogP contribution < -0.4 is 0 Å². The van der Waals surface area contributed by atoms with Gasteiger partial charge in [0.1, 0.15) is 0 Å². The van der Waals surface area contributed by atoms with Crippen LogP contribution in [0.25, 0.3) is 23.1 Å². The SMILES string of the molecule is Clc1cncc(Cl)c1/C=C/c1ccc2cn[nH]c2c1. The van der Waals surface area contributed by atoms with Gasteiger partial charge in [-0.15, -0.1) is 0 Å². The zero-order valence-electron chi connectivity index (χ0n) is 9.77. The van der Waals surface area contributed by atoms with Crippen LogP contribution in [-0.4, -0.2) is 15.2 Å². The highest BCUT2D eigenvalue weighted by Crippen LogP contribution is 2.25. The minimum atomic E-state index is 0.534. The van der Waals surface area contributed by atoms with E-state index in [-0.39, 0.29) is 0 Å². The van der Waals surface area contributed by atoms with Crippen LogP contribution >= 0.6 is 23.2 Å². The van der Waals surface area contributed by atoms with Gasteiger partial charge in [-0.1, -0.05) is 47.5 Å². The summed E-state index contributed by atoms with van der Waals surface area (Å²) < 4.78 is 0. The van der Waals surface area contributed by atoms with E-state index in [0.717, 1.165) is 22.0 Å². The minimum absolute atomic E-state index is 0.534. The summed E-state index contributed by atoms with van der Waals surface area (Å²) in [5.74, 6) is 0. The van der Waals surface area contributed by atoms with Crippen LogP contribution in [0.5, 0.6) is 0 Å². The molecule has 1 N–H and O–H groups in total. The van der Waals surface area contributed by atoms with Crippen molar-refractivity contribution in [3.05, 3.63) is 58.0 Å². The molecule has 0 amide bonds. The molecule has 3 rings (SSSR count). The third-order valence-electron chi connectivity index (χ3n) is 2.80. The number of nitrogens with one attached hydrogen (secondary N) is 1. The zero-order chi connectivity index (χ0) is 13.2. The lowest BCUT2D eigenvalue weighted by Crippen LogP contribution is -1.80. The topological polar surface area (TPSA) is 41.6 Å². The molecule has 5 heteroatoms. The smallest absolute Gasteiger partial charge is 0.0676 e. The quantitative estimate of drug-likeness (QED) is 0.758. The largest absolute Gasteiger partial charge is 0.278 e. The van der Waals surface area contributed by atoms with E-state index in [2.05, 4.69) is 15.2 Å². The van der Waals surface area contributed by atoms with Gasteiger partial charge in [0.25, 0.3) is 0 Å². The molecule has 0 unspecified atom stereocenters. The van der Waals surface area contributed by atoms with Gasteiger partial charge in [0.2, 0.25) is 0 Å². The van der Waals surface area contributed by atoms with Gasteiger partial charge in [-0.05, 0) is 11.6 Å². The molecule has 0 spiro atoms. The number of hydrogen-bond acceptors (Lipinski definition) is 2. The molecule has 0 radical (unpaired) electrons. The Kier molecular flexibility index (Phi) is 3.23. The Morgan fingerprint density at radius 1 is 1.00 bits per heavy atom. The second-order valence-corrected chi connectivity index (χ2v) is 4.88. The van der Waals surface area contributed by atoms with Gasteiger partial charge in [-0.2, -0.15) is 5.10 Å². The second kappa shape index (κ2) is 5.03. The molecule has 3 aromatic rings. The molecule has 0 saturated heterocycles. The Bertz CT molecular complexity index is 742. The van der Waals surface area contributed by atoms with Crippen LogP contribution in [0.15, 0.2) is 36.8 Å². The zero-order valence-corrected chi connectivity index (χ0v) is 11.3.